The fourth-order valence-electron chi connectivity index (χ4n) is 6.01. The molecule has 0 saturated carbocycles. The van der Waals surface area contributed by atoms with Crippen molar-refractivity contribution in [3.05, 3.63) is 71.3 Å². The highest BCUT2D eigenvalue weighted by Crippen LogP contribution is 2.32. The van der Waals surface area contributed by atoms with Crippen LogP contribution in [-0.2, 0) is 24.1 Å². The molecule has 1 fully saturated rings. The second-order valence-corrected chi connectivity index (χ2v) is 10.1. The van der Waals surface area contributed by atoms with E-state index in [0.29, 0.717) is 18.2 Å². The molecule has 5 nitrogen and oxygen atoms in total. The molecule has 190 valence electrons. The Bertz CT molecular complexity index is 1200. The molecule has 0 radical (unpaired) electrons. The van der Waals surface area contributed by atoms with Crippen LogP contribution in [0.15, 0.2) is 54.6 Å². The molecular formula is C31H38N2O3. The number of benzene rings is 3. The van der Waals surface area contributed by atoms with Crippen molar-refractivity contribution >= 4 is 16.7 Å². The number of methoxy groups -OCH3 is 2. The van der Waals surface area contributed by atoms with Crippen LogP contribution in [0.4, 0.5) is 0 Å². The smallest absolute Gasteiger partial charge is 0.227 e. The number of ether oxygens (including phenoxy) is 2. The van der Waals surface area contributed by atoms with Gasteiger partial charge in [-0.05, 0) is 78.2 Å². The molecule has 5 rings (SSSR count). The molecule has 2 aliphatic rings. The van der Waals surface area contributed by atoms with Gasteiger partial charge in [-0.1, -0.05) is 48.9 Å². The van der Waals surface area contributed by atoms with Crippen molar-refractivity contribution < 1.29 is 14.3 Å². The van der Waals surface area contributed by atoms with Crippen LogP contribution in [-0.4, -0.2) is 62.1 Å². The van der Waals surface area contributed by atoms with E-state index < -0.39 is 0 Å². The Morgan fingerprint density at radius 1 is 0.889 bits per heavy atom. The molecule has 5 heteroatoms. The van der Waals surface area contributed by atoms with Crippen LogP contribution in [0.3, 0.4) is 0 Å². The highest BCUT2D eigenvalue weighted by Gasteiger charge is 2.26. The molecule has 1 unspecified atom stereocenters. The van der Waals surface area contributed by atoms with Crippen LogP contribution >= 0.6 is 0 Å². The van der Waals surface area contributed by atoms with Gasteiger partial charge in [-0.3, -0.25) is 9.69 Å². The summed E-state index contributed by atoms with van der Waals surface area (Å²) in [4.78, 5) is 17.9. The van der Waals surface area contributed by atoms with Crippen LogP contribution < -0.4 is 9.47 Å². The first-order valence-corrected chi connectivity index (χ1v) is 13.4. The third-order valence-corrected chi connectivity index (χ3v) is 8.08. The summed E-state index contributed by atoms with van der Waals surface area (Å²) in [6.07, 6.45) is 7.19. The second kappa shape index (κ2) is 11.3. The summed E-state index contributed by atoms with van der Waals surface area (Å²) in [5.41, 5.74) is 3.69. The van der Waals surface area contributed by atoms with Gasteiger partial charge < -0.3 is 14.4 Å². The molecular weight excluding hydrogens is 448 g/mol. The van der Waals surface area contributed by atoms with Gasteiger partial charge in [-0.2, -0.15) is 0 Å². The molecule has 0 aromatic heterocycles. The predicted octanol–water partition coefficient (Wildman–Crippen LogP) is 5.27. The summed E-state index contributed by atoms with van der Waals surface area (Å²) in [6, 6.07) is 19.9. The van der Waals surface area contributed by atoms with E-state index in [-0.39, 0.29) is 5.91 Å². The maximum Gasteiger partial charge on any atom is 0.227 e. The zero-order valence-electron chi connectivity index (χ0n) is 21.7. The lowest BCUT2D eigenvalue weighted by Gasteiger charge is -2.37. The van der Waals surface area contributed by atoms with Gasteiger partial charge in [0.05, 0.1) is 20.6 Å². The van der Waals surface area contributed by atoms with E-state index in [1.165, 1.54) is 41.2 Å². The van der Waals surface area contributed by atoms with Gasteiger partial charge in [-0.15, -0.1) is 0 Å². The number of amides is 1. The van der Waals surface area contributed by atoms with Crippen LogP contribution in [0.1, 0.15) is 42.4 Å². The zero-order valence-corrected chi connectivity index (χ0v) is 21.7. The Balaban J connectivity index is 1.21. The number of fused-ring (bicyclic) bond motifs is 2. The van der Waals surface area contributed by atoms with E-state index >= 15 is 0 Å². The summed E-state index contributed by atoms with van der Waals surface area (Å²) in [5, 5.41) is 2.69. The van der Waals surface area contributed by atoms with Gasteiger partial charge >= 0.3 is 0 Å². The van der Waals surface area contributed by atoms with E-state index in [4.69, 9.17) is 9.47 Å². The number of carbonyl (C=O) groups is 1. The summed E-state index contributed by atoms with van der Waals surface area (Å²) in [5.74, 6) is 1.65. The topological polar surface area (TPSA) is 42.0 Å². The minimum absolute atomic E-state index is 0.221. The van der Waals surface area contributed by atoms with E-state index in [2.05, 4.69) is 52.3 Å². The molecule has 0 bridgehead atoms. The van der Waals surface area contributed by atoms with E-state index in [0.717, 1.165) is 56.8 Å². The molecule has 0 N–H and O–H groups in total. The molecule has 3 aromatic rings. The Morgan fingerprint density at radius 3 is 2.50 bits per heavy atom. The van der Waals surface area contributed by atoms with Gasteiger partial charge in [0.25, 0.3) is 0 Å². The Labute approximate surface area is 215 Å². The number of rotatable bonds is 8. The average Bonchev–Trinajstić information content (AvgIpc) is 3.07. The highest BCUT2D eigenvalue weighted by atomic mass is 16.5. The van der Waals surface area contributed by atoms with Crippen molar-refractivity contribution in [3.8, 4) is 11.5 Å². The lowest BCUT2D eigenvalue weighted by molar-refractivity contribution is -0.130. The van der Waals surface area contributed by atoms with Crippen LogP contribution in [0, 0.1) is 0 Å². The minimum atomic E-state index is 0.221. The van der Waals surface area contributed by atoms with Crippen LogP contribution in [0.5, 0.6) is 11.5 Å². The minimum Gasteiger partial charge on any atom is -0.493 e. The lowest BCUT2D eigenvalue weighted by Crippen LogP contribution is -2.43. The Hall–Kier alpha value is -3.05. The van der Waals surface area contributed by atoms with Gasteiger partial charge in [0.15, 0.2) is 11.5 Å². The van der Waals surface area contributed by atoms with Crippen molar-refractivity contribution in [2.45, 2.75) is 51.0 Å². The van der Waals surface area contributed by atoms with E-state index in [1.54, 1.807) is 14.2 Å². The van der Waals surface area contributed by atoms with Crippen molar-refractivity contribution in [1.29, 1.82) is 0 Å². The van der Waals surface area contributed by atoms with Crippen molar-refractivity contribution in [3.63, 3.8) is 0 Å². The summed E-state index contributed by atoms with van der Waals surface area (Å²) in [6.45, 7) is 3.84. The molecule has 2 heterocycles. The quantitative estimate of drug-likeness (QED) is 0.435. The molecule has 1 amide bonds. The van der Waals surface area contributed by atoms with Crippen molar-refractivity contribution in [1.82, 2.24) is 9.80 Å². The van der Waals surface area contributed by atoms with E-state index in [9.17, 15) is 4.79 Å². The normalized spacial score (nSPS) is 18.7. The van der Waals surface area contributed by atoms with Gasteiger partial charge in [0.1, 0.15) is 0 Å². The number of hydrogen-bond donors (Lipinski definition) is 0. The third kappa shape index (κ3) is 5.36. The molecule has 3 aromatic carbocycles. The molecule has 1 saturated heterocycles. The third-order valence-electron chi connectivity index (χ3n) is 8.08. The maximum atomic E-state index is 13.2. The Morgan fingerprint density at radius 2 is 1.67 bits per heavy atom. The molecule has 36 heavy (non-hydrogen) atoms. The fourth-order valence-corrected chi connectivity index (χ4v) is 6.01. The van der Waals surface area contributed by atoms with Gasteiger partial charge in [0, 0.05) is 25.7 Å². The number of carbonyl (C=O) groups excluding carboxylic acids is 1. The number of nitrogens with zero attached hydrogens (tertiary/aromatic N) is 2. The van der Waals surface area contributed by atoms with Gasteiger partial charge in [0.2, 0.25) is 5.91 Å². The standard InChI is InChI=1S/C31H38N2O3/c1-35-29-20-25-14-18-33(31(34)22-26(25)21-30(29)36-2)19-15-27-11-5-6-16-32(27)17-13-24-10-7-9-23-8-3-4-12-28(23)24/h3-4,7-10,12,20-21,27H,5-6,11,13-19,22H2,1-2H3. The largest absolute Gasteiger partial charge is 0.493 e. The van der Waals surface area contributed by atoms with E-state index in [1.807, 2.05) is 12.1 Å². The molecule has 0 aliphatic carbocycles. The number of hydrogen-bond acceptors (Lipinski definition) is 4. The van der Waals surface area contributed by atoms with Crippen LogP contribution in [0.2, 0.25) is 0 Å². The molecule has 2 aliphatic heterocycles. The maximum absolute atomic E-state index is 13.2. The monoisotopic (exact) mass is 486 g/mol. The summed E-state index contributed by atoms with van der Waals surface area (Å²) >= 11 is 0. The lowest BCUT2D eigenvalue weighted by atomic mass is 9.97. The van der Waals surface area contributed by atoms with Crippen LogP contribution in [0.25, 0.3) is 10.8 Å². The molecule has 1 atom stereocenters. The zero-order chi connectivity index (χ0) is 24.9. The number of likely N-dealkylation sites (tertiary alicyclic amines) is 1. The first-order chi connectivity index (χ1) is 17.7. The number of piperidine rings is 1. The predicted molar refractivity (Wildman–Crippen MR) is 145 cm³/mol. The van der Waals surface area contributed by atoms with Crippen molar-refractivity contribution in [2.75, 3.05) is 40.4 Å². The SMILES string of the molecule is COc1cc2c(cc1OC)CC(=O)N(CCC1CCCCN1CCc1cccc3ccccc13)CC2. The first kappa shape index (κ1) is 24.6. The van der Waals surface area contributed by atoms with Gasteiger partial charge in [-0.25, -0.2) is 0 Å². The second-order valence-electron chi connectivity index (χ2n) is 10.1. The highest BCUT2D eigenvalue weighted by molar-refractivity contribution is 5.85. The van der Waals surface area contributed by atoms with Crippen molar-refractivity contribution in [2.24, 2.45) is 0 Å². The average molecular weight is 487 g/mol. The summed E-state index contributed by atoms with van der Waals surface area (Å²) < 4.78 is 11.0. The summed E-state index contributed by atoms with van der Waals surface area (Å²) in [7, 11) is 3.31. The Kier molecular flexibility index (Phi) is 7.76. The first-order valence-electron chi connectivity index (χ1n) is 13.4. The fraction of sp³-hybridized carbons (Fsp3) is 0.452. The molecule has 0 spiro atoms.